The lowest BCUT2D eigenvalue weighted by Gasteiger charge is -2.32. The molecule has 1 atom stereocenters. The normalized spacial score (nSPS) is 15.5. The molecule has 31 heavy (non-hydrogen) atoms. The van der Waals surface area contributed by atoms with Crippen LogP contribution in [0.1, 0.15) is 42.5 Å². The van der Waals surface area contributed by atoms with E-state index in [0.717, 1.165) is 48.7 Å². The molecular weight excluding hydrogens is 384 g/mol. The van der Waals surface area contributed by atoms with E-state index in [4.69, 9.17) is 4.98 Å². The van der Waals surface area contributed by atoms with Gasteiger partial charge in [0.05, 0.1) is 6.04 Å². The summed E-state index contributed by atoms with van der Waals surface area (Å²) in [5.41, 5.74) is 4.59. The molecule has 1 amide bonds. The minimum absolute atomic E-state index is 0.0184. The van der Waals surface area contributed by atoms with Crippen LogP contribution in [0.25, 0.3) is 11.4 Å². The fourth-order valence-corrected chi connectivity index (χ4v) is 4.09. The highest BCUT2D eigenvalue weighted by molar-refractivity contribution is 5.79. The Hall–Kier alpha value is -3.21. The highest BCUT2D eigenvalue weighted by atomic mass is 16.1. The Morgan fingerprint density at radius 1 is 1.03 bits per heavy atom. The first-order valence-corrected chi connectivity index (χ1v) is 11.0. The number of aryl methyl sites for hydroxylation is 2. The van der Waals surface area contributed by atoms with E-state index < -0.39 is 0 Å². The standard InChI is InChI=1S/C26H30N4O/c1-18-7-9-21(10-8-18)20(3)28-26(31)22-12-15-30(16-13-22)24-11-14-27-25(29-24)23-6-4-5-19(2)17-23/h4-11,14,17,20,22H,12-13,15-16H2,1-3H3,(H,28,31)/t20-/m1/s1. The minimum atomic E-state index is 0.0184. The fraction of sp³-hybridized carbons (Fsp3) is 0.346. The SMILES string of the molecule is Cc1ccc([C@@H](C)NC(=O)C2CCN(c3ccnc(-c4cccc(C)c4)n3)CC2)cc1. The van der Waals surface area contributed by atoms with Crippen molar-refractivity contribution in [2.24, 2.45) is 5.92 Å². The molecule has 1 N–H and O–H groups in total. The number of benzene rings is 2. The van der Waals surface area contributed by atoms with Crippen molar-refractivity contribution >= 4 is 11.7 Å². The van der Waals surface area contributed by atoms with Gasteiger partial charge in [0.15, 0.2) is 5.82 Å². The molecule has 2 aromatic carbocycles. The Bertz CT molecular complexity index is 1040. The molecule has 1 saturated heterocycles. The van der Waals surface area contributed by atoms with Crippen molar-refractivity contribution < 1.29 is 4.79 Å². The van der Waals surface area contributed by atoms with E-state index in [1.165, 1.54) is 11.1 Å². The highest BCUT2D eigenvalue weighted by Gasteiger charge is 2.26. The van der Waals surface area contributed by atoms with Crippen LogP contribution in [-0.2, 0) is 4.79 Å². The zero-order valence-corrected chi connectivity index (χ0v) is 18.5. The summed E-state index contributed by atoms with van der Waals surface area (Å²) in [5.74, 6) is 1.87. The Morgan fingerprint density at radius 3 is 2.48 bits per heavy atom. The lowest BCUT2D eigenvalue weighted by molar-refractivity contribution is -0.126. The predicted molar refractivity (Wildman–Crippen MR) is 125 cm³/mol. The second kappa shape index (κ2) is 9.29. The maximum atomic E-state index is 12.8. The highest BCUT2D eigenvalue weighted by Crippen LogP contribution is 2.25. The maximum absolute atomic E-state index is 12.8. The summed E-state index contributed by atoms with van der Waals surface area (Å²) in [6.07, 6.45) is 3.48. The summed E-state index contributed by atoms with van der Waals surface area (Å²) < 4.78 is 0. The molecule has 0 saturated carbocycles. The van der Waals surface area contributed by atoms with Gasteiger partial charge >= 0.3 is 0 Å². The van der Waals surface area contributed by atoms with Gasteiger partial charge in [0, 0.05) is 30.8 Å². The second-order valence-corrected chi connectivity index (χ2v) is 8.51. The van der Waals surface area contributed by atoms with Gasteiger partial charge < -0.3 is 10.2 Å². The molecule has 160 valence electrons. The fourth-order valence-electron chi connectivity index (χ4n) is 4.09. The van der Waals surface area contributed by atoms with Crippen LogP contribution in [0.5, 0.6) is 0 Å². The van der Waals surface area contributed by atoms with Crippen LogP contribution in [0, 0.1) is 19.8 Å². The third kappa shape index (κ3) is 5.10. The maximum Gasteiger partial charge on any atom is 0.223 e. The van der Waals surface area contributed by atoms with Crippen LogP contribution in [0.2, 0.25) is 0 Å². The number of carbonyl (C=O) groups excluding carboxylic acids is 1. The van der Waals surface area contributed by atoms with Crippen molar-refractivity contribution in [3.8, 4) is 11.4 Å². The van der Waals surface area contributed by atoms with E-state index >= 15 is 0 Å². The number of amides is 1. The van der Waals surface area contributed by atoms with Gasteiger partial charge in [-0.25, -0.2) is 9.97 Å². The molecule has 1 aliphatic heterocycles. The number of hydrogen-bond donors (Lipinski definition) is 1. The summed E-state index contributed by atoms with van der Waals surface area (Å²) in [6, 6.07) is 18.6. The quantitative estimate of drug-likeness (QED) is 0.648. The Morgan fingerprint density at radius 2 is 1.77 bits per heavy atom. The van der Waals surface area contributed by atoms with Crippen molar-refractivity contribution in [2.75, 3.05) is 18.0 Å². The van der Waals surface area contributed by atoms with E-state index in [2.05, 4.69) is 65.4 Å². The lowest BCUT2D eigenvalue weighted by Crippen LogP contribution is -2.41. The molecule has 0 unspecified atom stereocenters. The summed E-state index contributed by atoms with van der Waals surface area (Å²) >= 11 is 0. The first-order chi connectivity index (χ1) is 15.0. The van der Waals surface area contributed by atoms with Crippen molar-refractivity contribution in [1.29, 1.82) is 0 Å². The molecule has 0 radical (unpaired) electrons. The first-order valence-electron chi connectivity index (χ1n) is 11.0. The van der Waals surface area contributed by atoms with Crippen LogP contribution < -0.4 is 10.2 Å². The van der Waals surface area contributed by atoms with Gasteiger partial charge in [0.2, 0.25) is 5.91 Å². The van der Waals surface area contributed by atoms with Gasteiger partial charge in [0.25, 0.3) is 0 Å². The zero-order chi connectivity index (χ0) is 21.8. The van der Waals surface area contributed by atoms with E-state index in [0.29, 0.717) is 0 Å². The summed E-state index contributed by atoms with van der Waals surface area (Å²) in [5, 5.41) is 3.19. The molecule has 4 rings (SSSR count). The third-order valence-electron chi connectivity index (χ3n) is 6.04. The summed E-state index contributed by atoms with van der Waals surface area (Å²) in [4.78, 5) is 24.3. The zero-order valence-electron chi connectivity index (χ0n) is 18.5. The topological polar surface area (TPSA) is 58.1 Å². The predicted octanol–water partition coefficient (Wildman–Crippen LogP) is 4.85. The van der Waals surface area contributed by atoms with Gasteiger partial charge in [-0.3, -0.25) is 4.79 Å². The van der Waals surface area contributed by atoms with Crippen LogP contribution in [0.15, 0.2) is 60.8 Å². The number of anilines is 1. The van der Waals surface area contributed by atoms with Crippen molar-refractivity contribution in [1.82, 2.24) is 15.3 Å². The number of nitrogens with zero attached hydrogens (tertiary/aromatic N) is 3. The Labute approximate surface area is 184 Å². The molecule has 1 aliphatic rings. The Kier molecular flexibility index (Phi) is 6.31. The van der Waals surface area contributed by atoms with Crippen LogP contribution in [-0.4, -0.2) is 29.0 Å². The average molecular weight is 415 g/mol. The van der Waals surface area contributed by atoms with Crippen molar-refractivity contribution in [2.45, 2.75) is 39.7 Å². The molecule has 5 nitrogen and oxygen atoms in total. The molecular formula is C26H30N4O. The third-order valence-corrected chi connectivity index (χ3v) is 6.04. The number of carbonyl (C=O) groups is 1. The minimum Gasteiger partial charge on any atom is -0.356 e. The molecule has 1 fully saturated rings. The summed E-state index contributed by atoms with van der Waals surface area (Å²) in [7, 11) is 0. The van der Waals surface area contributed by atoms with E-state index in [-0.39, 0.29) is 17.9 Å². The lowest BCUT2D eigenvalue weighted by atomic mass is 9.95. The molecule has 1 aromatic heterocycles. The smallest absolute Gasteiger partial charge is 0.223 e. The second-order valence-electron chi connectivity index (χ2n) is 8.51. The van der Waals surface area contributed by atoms with Crippen molar-refractivity contribution in [3.63, 3.8) is 0 Å². The molecule has 2 heterocycles. The van der Waals surface area contributed by atoms with E-state index in [1.807, 2.05) is 31.3 Å². The molecule has 5 heteroatoms. The molecule has 0 spiro atoms. The largest absolute Gasteiger partial charge is 0.356 e. The van der Waals surface area contributed by atoms with Crippen LogP contribution in [0.4, 0.5) is 5.82 Å². The van der Waals surface area contributed by atoms with Crippen molar-refractivity contribution in [3.05, 3.63) is 77.5 Å². The van der Waals surface area contributed by atoms with Gasteiger partial charge in [-0.1, -0.05) is 53.6 Å². The average Bonchev–Trinajstić information content (AvgIpc) is 2.79. The van der Waals surface area contributed by atoms with Gasteiger partial charge in [-0.05, 0) is 51.3 Å². The monoisotopic (exact) mass is 414 g/mol. The number of aromatic nitrogens is 2. The molecule has 0 bridgehead atoms. The Balaban J connectivity index is 1.36. The first kappa shape index (κ1) is 21.0. The summed E-state index contributed by atoms with van der Waals surface area (Å²) in [6.45, 7) is 7.83. The van der Waals surface area contributed by atoms with E-state index in [1.54, 1.807) is 0 Å². The van der Waals surface area contributed by atoms with Crippen LogP contribution in [0.3, 0.4) is 0 Å². The van der Waals surface area contributed by atoms with Gasteiger partial charge in [-0.2, -0.15) is 0 Å². The number of hydrogen-bond acceptors (Lipinski definition) is 4. The molecule has 3 aromatic rings. The number of piperidine rings is 1. The van der Waals surface area contributed by atoms with Crippen LogP contribution >= 0.6 is 0 Å². The number of rotatable bonds is 5. The number of nitrogens with one attached hydrogen (secondary N) is 1. The van der Waals surface area contributed by atoms with E-state index in [9.17, 15) is 4.79 Å². The van der Waals surface area contributed by atoms with Gasteiger partial charge in [0.1, 0.15) is 5.82 Å². The molecule has 0 aliphatic carbocycles. The van der Waals surface area contributed by atoms with Gasteiger partial charge in [-0.15, -0.1) is 0 Å².